The molecule has 2 aromatic carbocycles. The minimum absolute atomic E-state index is 0.231. The summed E-state index contributed by atoms with van der Waals surface area (Å²) >= 11 is 0. The fraction of sp³-hybridized carbons (Fsp3) is 0.333. The van der Waals surface area contributed by atoms with Crippen LogP contribution in [0.3, 0.4) is 0 Å². The quantitative estimate of drug-likeness (QED) is 0.915. The second-order valence-corrected chi connectivity index (χ2v) is 5.70. The first-order valence-electron chi connectivity index (χ1n) is 7.75. The van der Waals surface area contributed by atoms with Gasteiger partial charge in [-0.15, -0.1) is 0 Å². The first-order chi connectivity index (χ1) is 11.1. The Balaban J connectivity index is 1.93. The smallest absolute Gasteiger partial charge is 0.161 e. The number of nitrogens with one attached hydrogen (secondary N) is 1. The van der Waals surface area contributed by atoms with Crippen molar-refractivity contribution in [3.63, 3.8) is 0 Å². The standard InChI is InChI=1S/C18H20F2N2O/c1-3-13-10-21-17-8-15(19)16(20)9-18(17)22(13)11-12-4-6-14(23-2)7-5-12/h4-9,13,21H,3,10-11H2,1-2H3. The molecule has 1 atom stereocenters. The van der Waals surface area contributed by atoms with Gasteiger partial charge in [-0.2, -0.15) is 0 Å². The van der Waals surface area contributed by atoms with Gasteiger partial charge in [-0.1, -0.05) is 19.1 Å². The summed E-state index contributed by atoms with van der Waals surface area (Å²) in [7, 11) is 1.63. The van der Waals surface area contributed by atoms with E-state index < -0.39 is 11.6 Å². The van der Waals surface area contributed by atoms with Gasteiger partial charge in [-0.25, -0.2) is 8.78 Å². The van der Waals surface area contributed by atoms with Gasteiger partial charge in [0.25, 0.3) is 0 Å². The molecule has 0 bridgehead atoms. The molecule has 1 aliphatic rings. The third kappa shape index (κ3) is 3.09. The molecule has 122 valence electrons. The van der Waals surface area contributed by atoms with E-state index in [0.29, 0.717) is 24.5 Å². The molecule has 0 aliphatic carbocycles. The van der Waals surface area contributed by atoms with Crippen molar-refractivity contribution < 1.29 is 13.5 Å². The molecular formula is C18H20F2N2O. The molecule has 0 radical (unpaired) electrons. The number of fused-ring (bicyclic) bond motifs is 1. The second-order valence-electron chi connectivity index (χ2n) is 5.70. The third-order valence-corrected chi connectivity index (χ3v) is 4.30. The Hall–Kier alpha value is -2.30. The van der Waals surface area contributed by atoms with Crippen LogP contribution in [-0.4, -0.2) is 19.7 Å². The van der Waals surface area contributed by atoms with Crippen LogP contribution in [-0.2, 0) is 6.54 Å². The molecule has 0 aromatic heterocycles. The van der Waals surface area contributed by atoms with Gasteiger partial charge in [0.05, 0.1) is 18.5 Å². The highest BCUT2D eigenvalue weighted by molar-refractivity contribution is 5.73. The summed E-state index contributed by atoms with van der Waals surface area (Å²) in [5, 5.41) is 3.20. The zero-order valence-electron chi connectivity index (χ0n) is 13.3. The zero-order chi connectivity index (χ0) is 16.4. The molecule has 3 rings (SSSR count). The van der Waals surface area contributed by atoms with Crippen molar-refractivity contribution in [2.75, 3.05) is 23.9 Å². The van der Waals surface area contributed by atoms with E-state index in [2.05, 4.69) is 17.1 Å². The van der Waals surface area contributed by atoms with Gasteiger partial charge >= 0.3 is 0 Å². The van der Waals surface area contributed by atoms with Crippen LogP contribution in [0.2, 0.25) is 0 Å². The highest BCUT2D eigenvalue weighted by Crippen LogP contribution is 2.35. The van der Waals surface area contributed by atoms with Gasteiger partial charge in [0.1, 0.15) is 5.75 Å². The molecule has 0 spiro atoms. The minimum atomic E-state index is -0.824. The predicted octanol–water partition coefficient (Wildman–Crippen LogP) is 4.18. The van der Waals surface area contributed by atoms with E-state index in [1.54, 1.807) is 7.11 Å². The average Bonchev–Trinajstić information content (AvgIpc) is 2.57. The molecule has 3 nitrogen and oxygen atoms in total. The summed E-state index contributed by atoms with van der Waals surface area (Å²) in [5.41, 5.74) is 2.45. The molecule has 1 N–H and O–H groups in total. The average molecular weight is 318 g/mol. The highest BCUT2D eigenvalue weighted by Gasteiger charge is 2.26. The number of halogens is 2. The maximum Gasteiger partial charge on any atom is 0.161 e. The molecule has 0 saturated heterocycles. The second kappa shape index (κ2) is 6.44. The molecule has 23 heavy (non-hydrogen) atoms. The van der Waals surface area contributed by atoms with E-state index >= 15 is 0 Å². The van der Waals surface area contributed by atoms with Crippen LogP contribution in [0.25, 0.3) is 0 Å². The van der Waals surface area contributed by atoms with Crippen LogP contribution in [0.15, 0.2) is 36.4 Å². The van der Waals surface area contributed by atoms with E-state index in [4.69, 9.17) is 4.74 Å². The largest absolute Gasteiger partial charge is 0.497 e. The van der Waals surface area contributed by atoms with Gasteiger partial charge in [-0.05, 0) is 24.1 Å². The molecule has 2 aromatic rings. The lowest BCUT2D eigenvalue weighted by Crippen LogP contribution is -2.43. The van der Waals surface area contributed by atoms with Crippen LogP contribution >= 0.6 is 0 Å². The fourth-order valence-electron chi connectivity index (χ4n) is 2.96. The van der Waals surface area contributed by atoms with Gasteiger partial charge in [0.15, 0.2) is 11.6 Å². The van der Waals surface area contributed by atoms with Crippen molar-refractivity contribution in [2.24, 2.45) is 0 Å². The van der Waals surface area contributed by atoms with Crippen LogP contribution in [0.4, 0.5) is 20.2 Å². The molecule has 0 amide bonds. The number of benzene rings is 2. The lowest BCUT2D eigenvalue weighted by Gasteiger charge is -2.39. The molecule has 1 heterocycles. The number of rotatable bonds is 4. The normalized spacial score (nSPS) is 16.7. The molecule has 0 saturated carbocycles. The van der Waals surface area contributed by atoms with E-state index in [1.165, 1.54) is 12.1 Å². The zero-order valence-corrected chi connectivity index (χ0v) is 13.3. The summed E-state index contributed by atoms with van der Waals surface area (Å²) in [6.45, 7) is 3.45. The molecule has 5 heteroatoms. The van der Waals surface area contributed by atoms with Crippen LogP contribution in [0.1, 0.15) is 18.9 Å². The van der Waals surface area contributed by atoms with E-state index in [9.17, 15) is 8.78 Å². The SMILES string of the molecule is CCC1CNc2cc(F)c(F)cc2N1Cc1ccc(OC)cc1. The number of hydrogen-bond donors (Lipinski definition) is 1. The Labute approximate surface area is 134 Å². The van der Waals surface area contributed by atoms with Gasteiger partial charge < -0.3 is 15.0 Å². The highest BCUT2D eigenvalue weighted by atomic mass is 19.2. The maximum absolute atomic E-state index is 13.7. The Kier molecular flexibility index (Phi) is 4.37. The van der Waals surface area contributed by atoms with Gasteiger partial charge in [0, 0.05) is 31.3 Å². The van der Waals surface area contributed by atoms with E-state index in [-0.39, 0.29) is 6.04 Å². The molecular weight excluding hydrogens is 298 g/mol. The summed E-state index contributed by atoms with van der Waals surface area (Å²) in [6, 6.07) is 10.5. The van der Waals surface area contributed by atoms with Crippen molar-refractivity contribution in [1.29, 1.82) is 0 Å². The van der Waals surface area contributed by atoms with Crippen molar-refractivity contribution in [3.8, 4) is 5.75 Å². The molecule has 0 fully saturated rings. The summed E-state index contributed by atoms with van der Waals surface area (Å²) in [5.74, 6) is -0.841. The number of methoxy groups -OCH3 is 1. The third-order valence-electron chi connectivity index (χ3n) is 4.30. The number of ether oxygens (including phenoxy) is 1. The van der Waals surface area contributed by atoms with E-state index in [0.717, 1.165) is 17.7 Å². The predicted molar refractivity (Wildman–Crippen MR) is 88.1 cm³/mol. The van der Waals surface area contributed by atoms with Crippen LogP contribution in [0.5, 0.6) is 5.75 Å². The Morgan fingerprint density at radius 3 is 2.52 bits per heavy atom. The lowest BCUT2D eigenvalue weighted by atomic mass is 10.0. The maximum atomic E-state index is 13.7. The van der Waals surface area contributed by atoms with Crippen LogP contribution in [0, 0.1) is 11.6 Å². The van der Waals surface area contributed by atoms with Gasteiger partial charge in [-0.3, -0.25) is 0 Å². The first-order valence-corrected chi connectivity index (χ1v) is 7.75. The molecule has 1 unspecified atom stereocenters. The topological polar surface area (TPSA) is 24.5 Å². The first kappa shape index (κ1) is 15.6. The van der Waals surface area contributed by atoms with Crippen molar-refractivity contribution in [2.45, 2.75) is 25.9 Å². The fourth-order valence-corrected chi connectivity index (χ4v) is 2.96. The minimum Gasteiger partial charge on any atom is -0.497 e. The Morgan fingerprint density at radius 2 is 1.87 bits per heavy atom. The summed E-state index contributed by atoms with van der Waals surface area (Å²) in [6.07, 6.45) is 0.918. The Morgan fingerprint density at radius 1 is 1.17 bits per heavy atom. The number of anilines is 2. The number of hydrogen-bond acceptors (Lipinski definition) is 3. The monoisotopic (exact) mass is 318 g/mol. The Bertz CT molecular complexity index is 688. The molecule has 1 aliphatic heterocycles. The summed E-state index contributed by atoms with van der Waals surface area (Å²) in [4.78, 5) is 2.14. The summed E-state index contributed by atoms with van der Waals surface area (Å²) < 4.78 is 32.3. The lowest BCUT2D eigenvalue weighted by molar-refractivity contribution is 0.414. The van der Waals surface area contributed by atoms with Crippen LogP contribution < -0.4 is 15.0 Å². The van der Waals surface area contributed by atoms with Crippen molar-refractivity contribution in [1.82, 2.24) is 0 Å². The number of nitrogens with zero attached hydrogens (tertiary/aromatic N) is 1. The van der Waals surface area contributed by atoms with Crippen molar-refractivity contribution >= 4 is 11.4 Å². The van der Waals surface area contributed by atoms with E-state index in [1.807, 2.05) is 24.3 Å². The van der Waals surface area contributed by atoms with Crippen molar-refractivity contribution in [3.05, 3.63) is 53.6 Å². The van der Waals surface area contributed by atoms with Gasteiger partial charge in [0.2, 0.25) is 0 Å².